The number of hydrogen-bond donors (Lipinski definition) is 0. The summed E-state index contributed by atoms with van der Waals surface area (Å²) in [5.74, 6) is 0. The monoisotopic (exact) mass is 237 g/mol. The van der Waals surface area contributed by atoms with Gasteiger partial charge in [-0.25, -0.2) is 0 Å². The molecular formula is C16H31N. The Hall–Kier alpha value is -0.330. The van der Waals surface area contributed by atoms with E-state index in [9.17, 15) is 0 Å². The van der Waals surface area contributed by atoms with Gasteiger partial charge in [0.2, 0.25) is 0 Å². The first-order chi connectivity index (χ1) is 8.43. The standard InChI is InChI=1S/C16H31N/c1-2-3-4-5-6-7-8-9-10-13-16-14-11-12-15-17-16/h15-16H,2-14H2,1H3. The van der Waals surface area contributed by atoms with Gasteiger partial charge in [-0.1, -0.05) is 64.7 Å². The predicted octanol–water partition coefficient (Wildman–Crippen LogP) is 5.53. The van der Waals surface area contributed by atoms with Crippen LogP contribution >= 0.6 is 0 Å². The maximum atomic E-state index is 4.57. The van der Waals surface area contributed by atoms with Gasteiger partial charge in [0, 0.05) is 6.04 Å². The van der Waals surface area contributed by atoms with Crippen LogP contribution in [-0.2, 0) is 0 Å². The van der Waals surface area contributed by atoms with E-state index in [-0.39, 0.29) is 0 Å². The Morgan fingerprint density at radius 2 is 1.59 bits per heavy atom. The quantitative estimate of drug-likeness (QED) is 0.443. The molecule has 0 saturated carbocycles. The molecule has 0 N–H and O–H groups in total. The summed E-state index contributed by atoms with van der Waals surface area (Å²) in [5, 5.41) is 0. The molecule has 0 saturated heterocycles. The summed E-state index contributed by atoms with van der Waals surface area (Å²) >= 11 is 0. The minimum absolute atomic E-state index is 0.674. The normalized spacial score (nSPS) is 19.7. The average Bonchev–Trinajstić information content (AvgIpc) is 2.38. The van der Waals surface area contributed by atoms with Crippen LogP contribution in [0.15, 0.2) is 4.99 Å². The van der Waals surface area contributed by atoms with Crippen LogP contribution in [0.2, 0.25) is 0 Å². The van der Waals surface area contributed by atoms with Gasteiger partial charge in [-0.3, -0.25) is 4.99 Å². The molecule has 0 aromatic heterocycles. The van der Waals surface area contributed by atoms with Crippen molar-refractivity contribution in [1.29, 1.82) is 0 Å². The molecule has 1 nitrogen and oxygen atoms in total. The van der Waals surface area contributed by atoms with Crippen LogP contribution in [0.5, 0.6) is 0 Å². The molecule has 0 aromatic rings. The predicted molar refractivity (Wildman–Crippen MR) is 78.0 cm³/mol. The molecule has 0 radical (unpaired) electrons. The third-order valence-corrected chi connectivity index (χ3v) is 3.83. The van der Waals surface area contributed by atoms with Crippen LogP contribution in [0.3, 0.4) is 0 Å². The molecule has 1 atom stereocenters. The van der Waals surface area contributed by atoms with Gasteiger partial charge in [0.15, 0.2) is 0 Å². The molecule has 100 valence electrons. The number of rotatable bonds is 10. The molecule has 17 heavy (non-hydrogen) atoms. The molecule has 0 fully saturated rings. The van der Waals surface area contributed by atoms with Crippen LogP contribution in [0.25, 0.3) is 0 Å². The fourth-order valence-corrected chi connectivity index (χ4v) is 2.65. The second-order valence-corrected chi connectivity index (χ2v) is 5.53. The Kier molecular flexibility index (Phi) is 9.36. The molecule has 0 bridgehead atoms. The van der Waals surface area contributed by atoms with E-state index in [2.05, 4.69) is 18.1 Å². The average molecular weight is 237 g/mol. The van der Waals surface area contributed by atoms with Gasteiger partial charge in [0.1, 0.15) is 0 Å². The summed E-state index contributed by atoms with van der Waals surface area (Å²) < 4.78 is 0. The molecular weight excluding hydrogens is 206 g/mol. The number of unbranched alkanes of at least 4 members (excludes halogenated alkanes) is 8. The Morgan fingerprint density at radius 3 is 2.18 bits per heavy atom. The van der Waals surface area contributed by atoms with E-state index in [1.165, 1.54) is 83.5 Å². The van der Waals surface area contributed by atoms with Gasteiger partial charge in [-0.15, -0.1) is 0 Å². The van der Waals surface area contributed by atoms with Crippen molar-refractivity contribution in [3.05, 3.63) is 0 Å². The summed E-state index contributed by atoms with van der Waals surface area (Å²) in [6.45, 7) is 2.29. The van der Waals surface area contributed by atoms with Crippen LogP contribution in [0.4, 0.5) is 0 Å². The highest BCUT2D eigenvalue weighted by atomic mass is 14.8. The lowest BCUT2D eigenvalue weighted by atomic mass is 10.00. The Bertz CT molecular complexity index is 186. The van der Waals surface area contributed by atoms with Gasteiger partial charge in [0.05, 0.1) is 0 Å². The molecule has 1 rings (SSSR count). The van der Waals surface area contributed by atoms with Crippen LogP contribution in [0, 0.1) is 0 Å². The van der Waals surface area contributed by atoms with Crippen LogP contribution in [0.1, 0.15) is 90.4 Å². The highest BCUT2D eigenvalue weighted by Crippen LogP contribution is 2.17. The zero-order chi connectivity index (χ0) is 12.2. The zero-order valence-corrected chi connectivity index (χ0v) is 11.8. The lowest BCUT2D eigenvalue weighted by Gasteiger charge is -2.15. The van der Waals surface area contributed by atoms with Crippen molar-refractivity contribution in [3.8, 4) is 0 Å². The minimum Gasteiger partial charge on any atom is -0.294 e. The number of nitrogens with zero attached hydrogens (tertiary/aromatic N) is 1. The molecule has 1 unspecified atom stereocenters. The summed E-state index contributed by atoms with van der Waals surface area (Å²) in [4.78, 5) is 4.57. The van der Waals surface area contributed by atoms with E-state index < -0.39 is 0 Å². The highest BCUT2D eigenvalue weighted by Gasteiger charge is 2.08. The van der Waals surface area contributed by atoms with Crippen molar-refractivity contribution in [3.63, 3.8) is 0 Å². The smallest absolute Gasteiger partial charge is 0.0495 e. The van der Waals surface area contributed by atoms with E-state index in [1.54, 1.807) is 0 Å². The molecule has 0 amide bonds. The van der Waals surface area contributed by atoms with Gasteiger partial charge < -0.3 is 0 Å². The molecule has 1 aliphatic heterocycles. The van der Waals surface area contributed by atoms with E-state index >= 15 is 0 Å². The fourth-order valence-electron chi connectivity index (χ4n) is 2.65. The first-order valence-corrected chi connectivity index (χ1v) is 7.95. The summed E-state index contributed by atoms with van der Waals surface area (Å²) in [6, 6.07) is 0.674. The summed E-state index contributed by atoms with van der Waals surface area (Å²) in [5.41, 5.74) is 0. The van der Waals surface area contributed by atoms with Crippen molar-refractivity contribution >= 4 is 6.21 Å². The summed E-state index contributed by atoms with van der Waals surface area (Å²) in [7, 11) is 0. The fraction of sp³-hybridized carbons (Fsp3) is 0.938. The molecule has 0 aliphatic carbocycles. The van der Waals surface area contributed by atoms with E-state index in [0.717, 1.165) is 0 Å². The third-order valence-electron chi connectivity index (χ3n) is 3.83. The Morgan fingerprint density at radius 1 is 0.941 bits per heavy atom. The Balaban J connectivity index is 1.78. The number of hydrogen-bond acceptors (Lipinski definition) is 1. The van der Waals surface area contributed by atoms with Crippen molar-refractivity contribution in [2.45, 2.75) is 96.4 Å². The molecule has 0 aromatic carbocycles. The van der Waals surface area contributed by atoms with Gasteiger partial charge in [-0.2, -0.15) is 0 Å². The largest absolute Gasteiger partial charge is 0.294 e. The first kappa shape index (κ1) is 14.7. The van der Waals surface area contributed by atoms with Crippen LogP contribution in [-0.4, -0.2) is 12.3 Å². The second kappa shape index (κ2) is 10.8. The number of aliphatic imine (C=N–C) groups is 1. The van der Waals surface area contributed by atoms with Crippen molar-refractivity contribution < 1.29 is 0 Å². The van der Waals surface area contributed by atoms with E-state index in [4.69, 9.17) is 0 Å². The molecule has 1 aliphatic rings. The van der Waals surface area contributed by atoms with Crippen LogP contribution < -0.4 is 0 Å². The maximum Gasteiger partial charge on any atom is 0.0495 e. The summed E-state index contributed by atoms with van der Waals surface area (Å²) in [6.07, 6.45) is 20.3. The maximum absolute atomic E-state index is 4.57. The third kappa shape index (κ3) is 8.40. The van der Waals surface area contributed by atoms with Crippen molar-refractivity contribution in [2.24, 2.45) is 4.99 Å². The highest BCUT2D eigenvalue weighted by molar-refractivity contribution is 5.58. The minimum atomic E-state index is 0.674. The molecule has 1 heteroatoms. The first-order valence-electron chi connectivity index (χ1n) is 7.95. The van der Waals surface area contributed by atoms with Crippen molar-refractivity contribution in [1.82, 2.24) is 0 Å². The topological polar surface area (TPSA) is 12.4 Å². The van der Waals surface area contributed by atoms with E-state index in [0.29, 0.717) is 6.04 Å². The molecule has 1 heterocycles. The Labute approximate surface area is 108 Å². The van der Waals surface area contributed by atoms with E-state index in [1.807, 2.05) is 0 Å². The lowest BCUT2D eigenvalue weighted by molar-refractivity contribution is 0.492. The zero-order valence-electron chi connectivity index (χ0n) is 11.8. The SMILES string of the molecule is CCCCCCCCCCCC1CCCC=N1. The lowest BCUT2D eigenvalue weighted by Crippen LogP contribution is -2.08. The molecule has 0 spiro atoms. The van der Waals surface area contributed by atoms with Gasteiger partial charge >= 0.3 is 0 Å². The second-order valence-electron chi connectivity index (χ2n) is 5.53. The van der Waals surface area contributed by atoms with Gasteiger partial charge in [-0.05, 0) is 31.9 Å². The van der Waals surface area contributed by atoms with Crippen molar-refractivity contribution in [2.75, 3.05) is 0 Å². The van der Waals surface area contributed by atoms with Gasteiger partial charge in [0.25, 0.3) is 0 Å².